The molecular formula is C22H26N2O4S. The summed E-state index contributed by atoms with van der Waals surface area (Å²) >= 11 is 1.42. The Morgan fingerprint density at radius 1 is 1.10 bits per heavy atom. The lowest BCUT2D eigenvalue weighted by atomic mass is 9.97. The van der Waals surface area contributed by atoms with E-state index in [0.29, 0.717) is 30.8 Å². The van der Waals surface area contributed by atoms with Crippen LogP contribution in [0.4, 0.5) is 5.69 Å². The lowest BCUT2D eigenvalue weighted by Gasteiger charge is -2.31. The summed E-state index contributed by atoms with van der Waals surface area (Å²) in [4.78, 5) is 41.6. The fourth-order valence-corrected chi connectivity index (χ4v) is 4.20. The highest BCUT2D eigenvalue weighted by molar-refractivity contribution is 7.12. The topological polar surface area (TPSA) is 66.9 Å². The second-order valence-electron chi connectivity index (χ2n) is 7.34. The number of nitrogens with zero attached hydrogens (tertiary/aromatic N) is 2. The average Bonchev–Trinajstić information content (AvgIpc) is 3.27. The Morgan fingerprint density at radius 3 is 2.38 bits per heavy atom. The minimum absolute atomic E-state index is 0.0115. The number of piperidine rings is 1. The molecule has 0 bridgehead atoms. The fourth-order valence-electron chi connectivity index (χ4n) is 3.51. The van der Waals surface area contributed by atoms with Crippen LogP contribution in [0.3, 0.4) is 0 Å². The monoisotopic (exact) mass is 414 g/mol. The number of amides is 2. The van der Waals surface area contributed by atoms with Crippen LogP contribution >= 0.6 is 11.3 Å². The Bertz CT molecular complexity index is 828. The normalized spacial score (nSPS) is 14.7. The van der Waals surface area contributed by atoms with E-state index >= 15 is 0 Å². The first-order valence-electron chi connectivity index (χ1n) is 9.84. The van der Waals surface area contributed by atoms with Gasteiger partial charge in [0.05, 0.1) is 10.8 Å². The molecule has 0 saturated carbocycles. The second-order valence-corrected chi connectivity index (χ2v) is 8.29. The number of rotatable bonds is 6. The zero-order chi connectivity index (χ0) is 20.8. The zero-order valence-electron chi connectivity index (χ0n) is 16.7. The molecule has 0 unspecified atom stereocenters. The molecule has 1 fully saturated rings. The highest BCUT2D eigenvalue weighted by Crippen LogP contribution is 2.22. The van der Waals surface area contributed by atoms with Gasteiger partial charge in [-0.3, -0.25) is 14.4 Å². The number of likely N-dealkylation sites (tertiary alicyclic amines) is 1. The van der Waals surface area contributed by atoms with Crippen molar-refractivity contribution >= 4 is 34.8 Å². The second kappa shape index (κ2) is 9.69. The Hall–Kier alpha value is -2.67. The molecule has 1 aromatic heterocycles. The van der Waals surface area contributed by atoms with E-state index in [1.807, 2.05) is 61.7 Å². The smallest absolute Gasteiger partial charge is 0.309 e. The van der Waals surface area contributed by atoms with Crippen LogP contribution < -0.4 is 4.90 Å². The number of carbonyl (C=O) groups excluding carboxylic acids is 3. The summed E-state index contributed by atoms with van der Waals surface area (Å²) in [6.07, 6.45) is 1.10. The van der Waals surface area contributed by atoms with E-state index in [1.54, 1.807) is 9.80 Å². The summed E-state index contributed by atoms with van der Waals surface area (Å²) in [6, 6.07) is 13.0. The first kappa shape index (κ1) is 21.0. The van der Waals surface area contributed by atoms with Crippen LogP contribution in [0.25, 0.3) is 0 Å². The molecule has 29 heavy (non-hydrogen) atoms. The maximum Gasteiger partial charge on any atom is 0.309 e. The van der Waals surface area contributed by atoms with Gasteiger partial charge in [-0.1, -0.05) is 24.3 Å². The molecule has 0 N–H and O–H groups in total. The van der Waals surface area contributed by atoms with Crippen molar-refractivity contribution in [1.82, 2.24) is 4.90 Å². The average molecular weight is 415 g/mol. The van der Waals surface area contributed by atoms with E-state index in [1.165, 1.54) is 11.3 Å². The highest BCUT2D eigenvalue weighted by Gasteiger charge is 2.30. The third-order valence-corrected chi connectivity index (χ3v) is 5.86. The minimum atomic E-state index is -0.363. The SMILES string of the molecule is CC(C)N(C(=O)COC(=O)C1CCN(C(=O)c2cccs2)CC1)c1ccccc1. The van der Waals surface area contributed by atoms with Crippen LogP contribution in [-0.2, 0) is 14.3 Å². The van der Waals surface area contributed by atoms with Gasteiger partial charge in [0.25, 0.3) is 11.8 Å². The maximum atomic E-state index is 12.6. The van der Waals surface area contributed by atoms with Gasteiger partial charge in [-0.2, -0.15) is 0 Å². The van der Waals surface area contributed by atoms with Crippen molar-refractivity contribution in [3.63, 3.8) is 0 Å². The van der Waals surface area contributed by atoms with Gasteiger partial charge in [-0.05, 0) is 50.3 Å². The number of carbonyl (C=O) groups is 3. The van der Waals surface area contributed by atoms with Crippen LogP contribution in [0.1, 0.15) is 36.4 Å². The van der Waals surface area contributed by atoms with Crippen molar-refractivity contribution in [3.05, 3.63) is 52.7 Å². The number of para-hydroxylation sites is 1. The molecule has 6 nitrogen and oxygen atoms in total. The molecule has 3 rings (SSSR count). The van der Waals surface area contributed by atoms with E-state index in [4.69, 9.17) is 4.74 Å². The molecule has 7 heteroatoms. The molecule has 2 aromatic rings. The van der Waals surface area contributed by atoms with E-state index in [2.05, 4.69) is 0 Å². The largest absolute Gasteiger partial charge is 0.455 e. The lowest BCUT2D eigenvalue weighted by Crippen LogP contribution is -2.42. The Labute approximate surface area is 175 Å². The molecule has 1 aromatic carbocycles. The molecular weight excluding hydrogens is 388 g/mol. The van der Waals surface area contributed by atoms with Crippen molar-refractivity contribution in [2.75, 3.05) is 24.6 Å². The number of esters is 1. The van der Waals surface area contributed by atoms with Gasteiger partial charge in [0.1, 0.15) is 0 Å². The molecule has 1 saturated heterocycles. The Kier molecular flexibility index (Phi) is 7.04. The van der Waals surface area contributed by atoms with Gasteiger partial charge in [0, 0.05) is 24.8 Å². The van der Waals surface area contributed by atoms with E-state index < -0.39 is 0 Å². The molecule has 2 amide bonds. The van der Waals surface area contributed by atoms with Crippen LogP contribution in [0, 0.1) is 5.92 Å². The summed E-state index contributed by atoms with van der Waals surface area (Å²) in [6.45, 7) is 4.61. The summed E-state index contributed by atoms with van der Waals surface area (Å²) in [7, 11) is 0. The van der Waals surface area contributed by atoms with Crippen molar-refractivity contribution in [1.29, 1.82) is 0 Å². The van der Waals surface area contributed by atoms with Crippen molar-refractivity contribution in [2.45, 2.75) is 32.7 Å². The van der Waals surface area contributed by atoms with Gasteiger partial charge < -0.3 is 14.5 Å². The molecule has 2 heterocycles. The standard InChI is InChI=1S/C22H26N2O4S/c1-16(2)24(18-7-4-3-5-8-18)20(25)15-28-22(27)17-10-12-23(13-11-17)21(26)19-9-6-14-29-19/h3-9,14,16-17H,10-13,15H2,1-2H3. The van der Waals surface area contributed by atoms with Crippen LogP contribution in [-0.4, -0.2) is 48.4 Å². The van der Waals surface area contributed by atoms with Gasteiger partial charge in [-0.15, -0.1) is 11.3 Å². The lowest BCUT2D eigenvalue weighted by molar-refractivity contribution is -0.153. The first-order chi connectivity index (χ1) is 14.0. The molecule has 0 spiro atoms. The molecule has 0 atom stereocenters. The molecule has 0 radical (unpaired) electrons. The first-order valence-corrected chi connectivity index (χ1v) is 10.7. The van der Waals surface area contributed by atoms with Gasteiger partial charge in [-0.25, -0.2) is 0 Å². The summed E-state index contributed by atoms with van der Waals surface area (Å²) in [5.74, 6) is -0.875. The Morgan fingerprint density at radius 2 is 1.79 bits per heavy atom. The summed E-state index contributed by atoms with van der Waals surface area (Å²) in [5, 5.41) is 1.88. The number of thiophene rings is 1. The minimum Gasteiger partial charge on any atom is -0.455 e. The third kappa shape index (κ3) is 5.23. The van der Waals surface area contributed by atoms with E-state index in [0.717, 1.165) is 5.69 Å². The summed E-state index contributed by atoms with van der Waals surface area (Å²) in [5.41, 5.74) is 0.781. The van der Waals surface area contributed by atoms with Crippen LogP contribution in [0.2, 0.25) is 0 Å². The van der Waals surface area contributed by atoms with Gasteiger partial charge in [0.15, 0.2) is 6.61 Å². The number of ether oxygens (including phenoxy) is 1. The van der Waals surface area contributed by atoms with E-state index in [9.17, 15) is 14.4 Å². The van der Waals surface area contributed by atoms with Gasteiger partial charge >= 0.3 is 5.97 Å². The van der Waals surface area contributed by atoms with Crippen molar-refractivity contribution in [3.8, 4) is 0 Å². The number of hydrogen-bond acceptors (Lipinski definition) is 5. The summed E-state index contributed by atoms with van der Waals surface area (Å²) < 4.78 is 5.33. The van der Waals surface area contributed by atoms with Crippen molar-refractivity contribution < 1.29 is 19.1 Å². The highest BCUT2D eigenvalue weighted by atomic mass is 32.1. The molecule has 154 valence electrons. The van der Waals surface area contributed by atoms with Gasteiger partial charge in [0.2, 0.25) is 0 Å². The van der Waals surface area contributed by atoms with Crippen LogP contribution in [0.5, 0.6) is 0 Å². The molecule has 1 aliphatic heterocycles. The number of anilines is 1. The third-order valence-electron chi connectivity index (χ3n) is 5.00. The predicted octanol–water partition coefficient (Wildman–Crippen LogP) is 3.59. The molecule has 0 aliphatic carbocycles. The van der Waals surface area contributed by atoms with Crippen LogP contribution in [0.15, 0.2) is 47.8 Å². The predicted molar refractivity (Wildman–Crippen MR) is 113 cm³/mol. The quantitative estimate of drug-likeness (QED) is 0.678. The van der Waals surface area contributed by atoms with E-state index in [-0.39, 0.29) is 36.4 Å². The maximum absolute atomic E-state index is 12.6. The number of hydrogen-bond donors (Lipinski definition) is 0. The molecule has 1 aliphatic rings. The zero-order valence-corrected chi connectivity index (χ0v) is 17.6. The van der Waals surface area contributed by atoms with Crippen molar-refractivity contribution in [2.24, 2.45) is 5.92 Å². The fraction of sp³-hybridized carbons (Fsp3) is 0.409. The number of benzene rings is 1. The Balaban J connectivity index is 1.49.